The van der Waals surface area contributed by atoms with E-state index >= 15 is 0 Å². The van der Waals surface area contributed by atoms with E-state index in [0.717, 1.165) is 13.8 Å². The second kappa shape index (κ2) is 3.99. The lowest BCUT2D eigenvalue weighted by Crippen LogP contribution is -2.65. The zero-order valence-electron chi connectivity index (χ0n) is 9.84. The van der Waals surface area contributed by atoms with E-state index in [4.69, 9.17) is 11.6 Å². The molecule has 18 heavy (non-hydrogen) atoms. The first-order valence-corrected chi connectivity index (χ1v) is 5.28. The molecule has 100 valence electrons. The molecule has 0 saturated heterocycles. The van der Waals surface area contributed by atoms with E-state index in [-0.39, 0.29) is 5.57 Å². The van der Waals surface area contributed by atoms with Crippen LogP contribution in [-0.2, 0) is 4.79 Å². The SMILES string of the molecule is CC1=C(Cl)C(C)([N+](=O)[O-])C(=O)C(C)(O)C1[N+](=O)[O-]. The lowest BCUT2D eigenvalue weighted by Gasteiger charge is -2.35. The lowest BCUT2D eigenvalue weighted by atomic mass is 9.72. The average molecular weight is 279 g/mol. The molecular formula is C9H11ClN2O6. The highest BCUT2D eigenvalue weighted by atomic mass is 35.5. The van der Waals surface area contributed by atoms with Crippen LogP contribution in [0.2, 0.25) is 0 Å². The number of nitro groups is 2. The van der Waals surface area contributed by atoms with Crippen molar-refractivity contribution < 1.29 is 19.7 Å². The van der Waals surface area contributed by atoms with Gasteiger partial charge in [0.2, 0.25) is 0 Å². The lowest BCUT2D eigenvalue weighted by molar-refractivity contribution is -0.552. The van der Waals surface area contributed by atoms with Crippen LogP contribution >= 0.6 is 11.6 Å². The molecule has 0 aromatic carbocycles. The van der Waals surface area contributed by atoms with Crippen molar-refractivity contribution in [3.63, 3.8) is 0 Å². The number of hydrogen-bond acceptors (Lipinski definition) is 6. The molecule has 1 aliphatic carbocycles. The van der Waals surface area contributed by atoms with E-state index in [1.54, 1.807) is 0 Å². The molecule has 1 N–H and O–H groups in total. The number of Topliss-reactive ketones (excluding diaryl/α,β-unsaturated/α-hetero) is 1. The maximum absolute atomic E-state index is 12.0. The van der Waals surface area contributed by atoms with Crippen LogP contribution in [0.4, 0.5) is 0 Å². The summed E-state index contributed by atoms with van der Waals surface area (Å²) in [6, 6.07) is -1.79. The minimum Gasteiger partial charge on any atom is -0.375 e. The average Bonchev–Trinajstić information content (AvgIpc) is 2.22. The minimum absolute atomic E-state index is 0.189. The molecule has 0 saturated carbocycles. The molecule has 0 amide bonds. The second-order valence-corrected chi connectivity index (χ2v) is 4.87. The smallest absolute Gasteiger partial charge is 0.315 e. The number of rotatable bonds is 2. The number of carbonyl (C=O) groups excluding carboxylic acids is 1. The highest BCUT2D eigenvalue weighted by Gasteiger charge is 2.67. The van der Waals surface area contributed by atoms with Gasteiger partial charge in [0.1, 0.15) is 5.03 Å². The molecule has 3 atom stereocenters. The van der Waals surface area contributed by atoms with Crippen LogP contribution in [0, 0.1) is 20.2 Å². The van der Waals surface area contributed by atoms with Crippen molar-refractivity contribution in [3.05, 3.63) is 30.8 Å². The molecule has 1 aliphatic rings. The Morgan fingerprint density at radius 2 is 1.78 bits per heavy atom. The van der Waals surface area contributed by atoms with Crippen molar-refractivity contribution >= 4 is 17.4 Å². The number of hydrogen-bond donors (Lipinski definition) is 1. The Kier molecular flexibility index (Phi) is 3.22. The molecule has 0 spiro atoms. The van der Waals surface area contributed by atoms with Crippen molar-refractivity contribution in [2.45, 2.75) is 38.0 Å². The number of nitrogens with zero attached hydrogens (tertiary/aromatic N) is 2. The van der Waals surface area contributed by atoms with E-state index in [9.17, 15) is 30.1 Å². The van der Waals surface area contributed by atoms with Crippen molar-refractivity contribution in [1.82, 2.24) is 0 Å². The van der Waals surface area contributed by atoms with Crippen LogP contribution in [0.3, 0.4) is 0 Å². The van der Waals surface area contributed by atoms with Crippen molar-refractivity contribution in [1.29, 1.82) is 0 Å². The molecule has 1 rings (SSSR count). The Bertz CT molecular complexity index is 485. The first kappa shape index (κ1) is 14.5. The predicted octanol–water partition coefficient (Wildman–Crippen LogP) is 0.514. The number of carbonyl (C=O) groups is 1. The van der Waals surface area contributed by atoms with Gasteiger partial charge in [-0.25, -0.2) is 0 Å². The molecule has 8 nitrogen and oxygen atoms in total. The molecule has 0 fully saturated rings. The molecule has 0 aromatic heterocycles. The third-order valence-electron chi connectivity index (χ3n) is 3.19. The van der Waals surface area contributed by atoms with E-state index < -0.39 is 37.8 Å². The summed E-state index contributed by atoms with van der Waals surface area (Å²) >= 11 is 5.73. The van der Waals surface area contributed by atoms with Crippen LogP contribution in [0.25, 0.3) is 0 Å². The largest absolute Gasteiger partial charge is 0.375 e. The summed E-state index contributed by atoms with van der Waals surface area (Å²) in [5.74, 6) is -1.29. The highest BCUT2D eigenvalue weighted by molar-refractivity contribution is 6.34. The maximum Gasteiger partial charge on any atom is 0.315 e. The van der Waals surface area contributed by atoms with E-state index in [1.165, 1.54) is 6.92 Å². The fourth-order valence-electron chi connectivity index (χ4n) is 2.17. The second-order valence-electron chi connectivity index (χ2n) is 4.49. The standard InChI is InChI=1S/C9H11ClN2O6/c1-4-5(10)8(2,12(17)18)7(13)9(3,14)6(4)11(15)16/h6,14H,1-3H3. The van der Waals surface area contributed by atoms with E-state index in [2.05, 4.69) is 0 Å². The first-order chi connectivity index (χ1) is 7.98. The molecule has 9 heteroatoms. The quantitative estimate of drug-likeness (QED) is 0.580. The van der Waals surface area contributed by atoms with Crippen molar-refractivity contribution in [2.75, 3.05) is 0 Å². The Morgan fingerprint density at radius 3 is 2.11 bits per heavy atom. The summed E-state index contributed by atoms with van der Waals surface area (Å²) < 4.78 is 0. The van der Waals surface area contributed by atoms with Crippen LogP contribution in [0.5, 0.6) is 0 Å². The summed E-state index contributed by atoms with van der Waals surface area (Å²) in [5, 5.41) is 31.3. The molecule has 0 heterocycles. The molecule has 0 aliphatic heterocycles. The highest BCUT2D eigenvalue weighted by Crippen LogP contribution is 2.41. The Hall–Kier alpha value is -1.54. The monoisotopic (exact) mass is 278 g/mol. The molecule has 0 aromatic rings. The van der Waals surface area contributed by atoms with Crippen molar-refractivity contribution in [3.8, 4) is 0 Å². The van der Waals surface area contributed by atoms with E-state index in [1.807, 2.05) is 0 Å². The van der Waals surface area contributed by atoms with E-state index in [0.29, 0.717) is 0 Å². The normalized spacial score (nSPS) is 36.7. The van der Waals surface area contributed by atoms with Gasteiger partial charge in [0, 0.05) is 22.3 Å². The predicted molar refractivity (Wildman–Crippen MR) is 60.4 cm³/mol. The van der Waals surface area contributed by atoms with Crippen LogP contribution in [0.15, 0.2) is 10.6 Å². The Labute approximate surface area is 107 Å². The van der Waals surface area contributed by atoms with Gasteiger partial charge in [0.15, 0.2) is 5.60 Å². The molecule has 0 radical (unpaired) electrons. The first-order valence-electron chi connectivity index (χ1n) is 4.91. The van der Waals surface area contributed by atoms with Gasteiger partial charge in [-0.1, -0.05) is 11.6 Å². The van der Waals surface area contributed by atoms with Gasteiger partial charge < -0.3 is 5.11 Å². The summed E-state index contributed by atoms with van der Waals surface area (Å²) in [7, 11) is 0. The summed E-state index contributed by atoms with van der Waals surface area (Å²) in [4.78, 5) is 32.0. The molecular weight excluding hydrogens is 268 g/mol. The number of aliphatic hydroxyl groups is 1. The minimum atomic E-state index is -2.48. The zero-order valence-corrected chi connectivity index (χ0v) is 10.6. The van der Waals surface area contributed by atoms with Gasteiger partial charge in [-0.2, -0.15) is 0 Å². The third kappa shape index (κ3) is 1.60. The topological polar surface area (TPSA) is 124 Å². The van der Waals surface area contributed by atoms with Gasteiger partial charge in [-0.05, 0) is 13.8 Å². The fourth-order valence-corrected chi connectivity index (χ4v) is 2.43. The number of ketones is 1. The maximum atomic E-state index is 12.0. The van der Waals surface area contributed by atoms with Crippen LogP contribution in [-0.4, -0.2) is 37.9 Å². The van der Waals surface area contributed by atoms with Gasteiger partial charge in [0.05, 0.1) is 0 Å². The van der Waals surface area contributed by atoms with Gasteiger partial charge in [0.25, 0.3) is 11.8 Å². The van der Waals surface area contributed by atoms with Crippen molar-refractivity contribution in [2.24, 2.45) is 0 Å². The zero-order chi connectivity index (χ0) is 14.5. The summed E-state index contributed by atoms with van der Waals surface area (Å²) in [5.41, 5.74) is -5.03. The Balaban J connectivity index is 3.65. The fraction of sp³-hybridized carbons (Fsp3) is 0.667. The van der Waals surface area contributed by atoms with Gasteiger partial charge >= 0.3 is 5.54 Å². The number of halogens is 1. The van der Waals surface area contributed by atoms with Crippen LogP contribution < -0.4 is 0 Å². The third-order valence-corrected chi connectivity index (χ3v) is 3.86. The van der Waals surface area contributed by atoms with Gasteiger partial charge in [-0.15, -0.1) is 0 Å². The van der Waals surface area contributed by atoms with Gasteiger partial charge in [-0.3, -0.25) is 25.0 Å². The molecule has 3 unspecified atom stereocenters. The summed E-state index contributed by atoms with van der Waals surface area (Å²) in [6.07, 6.45) is 0. The summed E-state index contributed by atoms with van der Waals surface area (Å²) in [6.45, 7) is 3.00. The Morgan fingerprint density at radius 1 is 1.33 bits per heavy atom. The molecule has 0 bridgehead atoms. The van der Waals surface area contributed by atoms with Crippen LogP contribution in [0.1, 0.15) is 20.8 Å².